The summed E-state index contributed by atoms with van der Waals surface area (Å²) in [5.74, 6) is 0.339. The summed E-state index contributed by atoms with van der Waals surface area (Å²) in [6.45, 7) is 9.40. The van der Waals surface area contributed by atoms with E-state index in [1.54, 1.807) is 26.1 Å². The van der Waals surface area contributed by atoms with E-state index in [0.717, 1.165) is 16.7 Å². The first-order chi connectivity index (χ1) is 8.81. The molecule has 19 heavy (non-hydrogen) atoms. The number of carbonyl (C=O) groups is 1. The number of esters is 1. The van der Waals surface area contributed by atoms with Crippen LogP contribution in [0.4, 0.5) is 0 Å². The third-order valence-corrected chi connectivity index (χ3v) is 3.02. The fraction of sp³-hybridized carbons (Fsp3) is 0.467. The average Bonchev–Trinajstić information content (AvgIpc) is 2.33. The van der Waals surface area contributed by atoms with Gasteiger partial charge in [0, 0.05) is 5.37 Å². The number of hydrogen-bond donors (Lipinski definition) is 0. The van der Waals surface area contributed by atoms with Crippen molar-refractivity contribution in [3.63, 3.8) is 0 Å². The molecule has 1 aromatic rings. The van der Waals surface area contributed by atoms with Crippen LogP contribution in [0, 0.1) is 13.8 Å². The van der Waals surface area contributed by atoms with Crippen molar-refractivity contribution in [2.75, 3.05) is 6.61 Å². The van der Waals surface area contributed by atoms with Crippen LogP contribution in [0.1, 0.15) is 37.5 Å². The molecule has 0 aromatic heterocycles. The standard InChI is InChI=1S/C15H20O3S/c1-6-17-14(16)15(4,5)18-13-10(2)7-12(9-19)8-11(13)3/h7-9H,6H2,1-5H3. The second kappa shape index (κ2) is 6.15. The molecule has 0 saturated heterocycles. The van der Waals surface area contributed by atoms with Crippen molar-refractivity contribution >= 4 is 23.6 Å². The van der Waals surface area contributed by atoms with E-state index < -0.39 is 5.60 Å². The Labute approximate surface area is 119 Å². The van der Waals surface area contributed by atoms with Crippen LogP contribution >= 0.6 is 12.2 Å². The predicted molar refractivity (Wildman–Crippen MR) is 80.0 cm³/mol. The molecule has 0 aliphatic rings. The molecule has 0 heterocycles. The van der Waals surface area contributed by atoms with Gasteiger partial charge in [0.25, 0.3) is 0 Å². The van der Waals surface area contributed by atoms with Crippen LogP contribution in [-0.2, 0) is 9.53 Å². The number of aryl methyl sites for hydroxylation is 2. The Kier molecular flexibility index (Phi) is 5.06. The van der Waals surface area contributed by atoms with Gasteiger partial charge in [-0.2, -0.15) is 0 Å². The van der Waals surface area contributed by atoms with Crippen molar-refractivity contribution < 1.29 is 14.3 Å². The molecule has 0 amide bonds. The second-order valence-corrected chi connectivity index (χ2v) is 5.17. The lowest BCUT2D eigenvalue weighted by Crippen LogP contribution is -2.40. The lowest BCUT2D eigenvalue weighted by atomic mass is 10.0. The molecule has 0 unspecified atom stereocenters. The molecule has 0 radical (unpaired) electrons. The van der Waals surface area contributed by atoms with E-state index in [1.807, 2.05) is 26.0 Å². The molecule has 0 bridgehead atoms. The predicted octanol–water partition coefficient (Wildman–Crippen LogP) is 3.37. The van der Waals surface area contributed by atoms with Gasteiger partial charge in [0.15, 0.2) is 5.60 Å². The highest BCUT2D eigenvalue weighted by Gasteiger charge is 2.32. The molecule has 1 rings (SSSR count). The van der Waals surface area contributed by atoms with E-state index in [1.165, 1.54) is 0 Å². The Hall–Kier alpha value is -1.42. The van der Waals surface area contributed by atoms with E-state index in [2.05, 4.69) is 0 Å². The van der Waals surface area contributed by atoms with Gasteiger partial charge < -0.3 is 9.47 Å². The van der Waals surface area contributed by atoms with Crippen LogP contribution in [0.15, 0.2) is 12.1 Å². The molecule has 0 aliphatic carbocycles. The lowest BCUT2D eigenvalue weighted by Gasteiger charge is -2.26. The number of hydrogen-bond acceptors (Lipinski definition) is 4. The molecule has 0 spiro atoms. The van der Waals surface area contributed by atoms with E-state index in [-0.39, 0.29) is 5.97 Å². The summed E-state index contributed by atoms with van der Waals surface area (Å²) < 4.78 is 10.9. The van der Waals surface area contributed by atoms with E-state index >= 15 is 0 Å². The zero-order valence-corrected chi connectivity index (χ0v) is 12.9. The summed E-state index contributed by atoms with van der Waals surface area (Å²) >= 11 is 4.93. The topological polar surface area (TPSA) is 35.5 Å². The van der Waals surface area contributed by atoms with Crippen molar-refractivity contribution in [1.29, 1.82) is 0 Å². The van der Waals surface area contributed by atoms with Crippen LogP contribution in [-0.4, -0.2) is 23.5 Å². The summed E-state index contributed by atoms with van der Waals surface area (Å²) in [6, 6.07) is 3.88. The minimum atomic E-state index is -1.01. The SMILES string of the molecule is CCOC(=O)C(C)(C)Oc1c(C)cc(C=S)cc1C. The van der Waals surface area contributed by atoms with Gasteiger partial charge in [0.2, 0.25) is 0 Å². The molecule has 0 N–H and O–H groups in total. The van der Waals surface area contributed by atoms with E-state index in [9.17, 15) is 4.79 Å². The smallest absolute Gasteiger partial charge is 0.349 e. The number of carbonyl (C=O) groups excluding carboxylic acids is 1. The van der Waals surface area contributed by atoms with E-state index in [0.29, 0.717) is 12.4 Å². The van der Waals surface area contributed by atoms with Gasteiger partial charge in [-0.3, -0.25) is 0 Å². The van der Waals surface area contributed by atoms with Gasteiger partial charge in [-0.15, -0.1) is 0 Å². The highest BCUT2D eigenvalue weighted by molar-refractivity contribution is 7.79. The second-order valence-electron chi connectivity index (χ2n) is 4.93. The molecule has 0 saturated carbocycles. The maximum atomic E-state index is 11.8. The first-order valence-corrected chi connectivity index (χ1v) is 6.71. The Morgan fingerprint density at radius 2 is 1.84 bits per heavy atom. The van der Waals surface area contributed by atoms with Gasteiger partial charge in [-0.05, 0) is 63.4 Å². The van der Waals surface area contributed by atoms with Gasteiger partial charge >= 0.3 is 5.97 Å². The highest BCUT2D eigenvalue weighted by atomic mass is 32.1. The summed E-state index contributed by atoms with van der Waals surface area (Å²) in [7, 11) is 0. The van der Waals surface area contributed by atoms with Crippen LogP contribution in [0.3, 0.4) is 0 Å². The Morgan fingerprint density at radius 1 is 1.32 bits per heavy atom. The van der Waals surface area contributed by atoms with E-state index in [4.69, 9.17) is 21.7 Å². The van der Waals surface area contributed by atoms with Crippen LogP contribution in [0.2, 0.25) is 0 Å². The largest absolute Gasteiger partial charge is 0.476 e. The molecular weight excluding hydrogens is 260 g/mol. The Bertz CT molecular complexity index is 469. The van der Waals surface area contributed by atoms with Crippen molar-refractivity contribution in [2.45, 2.75) is 40.2 Å². The van der Waals surface area contributed by atoms with Gasteiger partial charge in [-0.1, -0.05) is 12.2 Å². The van der Waals surface area contributed by atoms with Crippen molar-refractivity contribution in [3.8, 4) is 5.75 Å². The van der Waals surface area contributed by atoms with Gasteiger partial charge in [0.05, 0.1) is 6.61 Å². The summed E-state index contributed by atoms with van der Waals surface area (Å²) in [6.07, 6.45) is 0. The normalized spacial score (nSPS) is 11.0. The third kappa shape index (κ3) is 3.77. The van der Waals surface area contributed by atoms with Crippen molar-refractivity contribution in [1.82, 2.24) is 0 Å². The average molecular weight is 280 g/mol. The molecule has 3 nitrogen and oxygen atoms in total. The fourth-order valence-electron chi connectivity index (χ4n) is 1.81. The number of rotatable bonds is 5. The number of benzene rings is 1. The zero-order valence-electron chi connectivity index (χ0n) is 12.1. The van der Waals surface area contributed by atoms with Crippen molar-refractivity contribution in [3.05, 3.63) is 28.8 Å². The Morgan fingerprint density at radius 3 is 2.26 bits per heavy atom. The monoisotopic (exact) mass is 280 g/mol. The Balaban J connectivity index is 3.05. The molecule has 104 valence electrons. The van der Waals surface area contributed by atoms with Crippen LogP contribution in [0.25, 0.3) is 0 Å². The molecular formula is C15H20O3S. The third-order valence-electron chi connectivity index (χ3n) is 2.74. The quantitative estimate of drug-likeness (QED) is 0.612. The summed E-state index contributed by atoms with van der Waals surface area (Å²) in [4.78, 5) is 11.8. The minimum absolute atomic E-state index is 0.341. The molecule has 0 aliphatic heterocycles. The lowest BCUT2D eigenvalue weighted by molar-refractivity contribution is -0.158. The summed E-state index contributed by atoms with van der Waals surface area (Å²) in [5, 5.41) is 1.63. The van der Waals surface area contributed by atoms with Crippen LogP contribution in [0.5, 0.6) is 5.75 Å². The van der Waals surface area contributed by atoms with Crippen molar-refractivity contribution in [2.24, 2.45) is 0 Å². The minimum Gasteiger partial charge on any atom is -0.476 e. The molecule has 4 heteroatoms. The van der Waals surface area contributed by atoms with Crippen LogP contribution < -0.4 is 4.74 Å². The number of thiocarbonyl (C=S) groups is 1. The number of ether oxygens (including phenoxy) is 2. The maximum absolute atomic E-state index is 11.8. The molecule has 1 aromatic carbocycles. The fourth-order valence-corrected chi connectivity index (χ4v) is 1.95. The van der Waals surface area contributed by atoms with Gasteiger partial charge in [-0.25, -0.2) is 4.79 Å². The summed E-state index contributed by atoms with van der Waals surface area (Å²) in [5.41, 5.74) is 1.86. The van der Waals surface area contributed by atoms with Gasteiger partial charge in [0.1, 0.15) is 5.75 Å². The maximum Gasteiger partial charge on any atom is 0.349 e. The molecule has 0 fully saturated rings. The highest BCUT2D eigenvalue weighted by Crippen LogP contribution is 2.28. The first-order valence-electron chi connectivity index (χ1n) is 6.24. The zero-order chi connectivity index (χ0) is 14.6. The molecule has 0 atom stereocenters. The first kappa shape index (κ1) is 15.6.